The molecule has 1 aromatic heterocycles. The van der Waals surface area contributed by atoms with Crippen molar-refractivity contribution in [1.82, 2.24) is 5.43 Å². The maximum atomic E-state index is 12.1. The lowest BCUT2D eigenvalue weighted by Crippen LogP contribution is -2.20. The second-order valence-electron chi connectivity index (χ2n) is 6.43. The number of amides is 2. The Hall–Kier alpha value is -4.07. The van der Waals surface area contributed by atoms with Crippen molar-refractivity contribution in [2.45, 2.75) is 13.8 Å². The quantitative estimate of drug-likeness (QED) is 0.404. The highest BCUT2D eigenvalue weighted by Gasteiger charge is 2.11. The highest BCUT2D eigenvalue weighted by molar-refractivity contribution is 5.95. The van der Waals surface area contributed by atoms with Gasteiger partial charge in [-0.2, -0.15) is 5.10 Å². The van der Waals surface area contributed by atoms with Crippen LogP contribution in [0.1, 0.15) is 28.6 Å². The molecule has 31 heavy (non-hydrogen) atoms. The van der Waals surface area contributed by atoms with Gasteiger partial charge >= 0.3 is 0 Å². The molecule has 3 aromatic rings. The fourth-order valence-corrected chi connectivity index (χ4v) is 2.70. The number of carbonyl (C=O) groups is 2. The molecule has 0 aliphatic carbocycles. The third-order valence-electron chi connectivity index (χ3n) is 4.17. The molecule has 0 atom stereocenters. The fourth-order valence-electron chi connectivity index (χ4n) is 2.70. The number of aryl methyl sites for hydroxylation is 1. The van der Waals surface area contributed by atoms with Gasteiger partial charge in [0.25, 0.3) is 11.8 Å². The molecule has 2 aromatic carbocycles. The van der Waals surface area contributed by atoms with E-state index in [1.54, 1.807) is 43.3 Å². The summed E-state index contributed by atoms with van der Waals surface area (Å²) < 4.78 is 16.3. The van der Waals surface area contributed by atoms with E-state index in [9.17, 15) is 9.59 Å². The molecule has 160 valence electrons. The minimum Gasteiger partial charge on any atom is -0.490 e. The number of furan rings is 1. The average molecular weight is 421 g/mol. The number of nitrogens with one attached hydrogen (secondary N) is 2. The number of rotatable bonds is 9. The number of para-hydroxylation sites is 1. The van der Waals surface area contributed by atoms with Gasteiger partial charge in [-0.15, -0.1) is 0 Å². The van der Waals surface area contributed by atoms with Gasteiger partial charge in [0.1, 0.15) is 5.76 Å². The van der Waals surface area contributed by atoms with Crippen LogP contribution < -0.4 is 20.2 Å². The molecule has 1 heterocycles. The first-order valence-electron chi connectivity index (χ1n) is 9.69. The predicted octanol–water partition coefficient (Wildman–Crippen LogP) is 3.77. The molecule has 0 fully saturated rings. The lowest BCUT2D eigenvalue weighted by atomic mass is 10.2. The predicted molar refractivity (Wildman–Crippen MR) is 117 cm³/mol. The number of hydrogen-bond donors (Lipinski definition) is 2. The van der Waals surface area contributed by atoms with Crippen LogP contribution in [0.4, 0.5) is 5.69 Å². The third kappa shape index (κ3) is 6.20. The van der Waals surface area contributed by atoms with Crippen LogP contribution in [0.25, 0.3) is 0 Å². The van der Waals surface area contributed by atoms with E-state index in [1.807, 2.05) is 25.1 Å². The monoisotopic (exact) mass is 421 g/mol. The topological polar surface area (TPSA) is 102 Å². The zero-order chi connectivity index (χ0) is 22.1. The molecule has 0 saturated carbocycles. The van der Waals surface area contributed by atoms with Crippen molar-refractivity contribution in [3.05, 3.63) is 77.7 Å². The number of hydrogen-bond acceptors (Lipinski definition) is 6. The summed E-state index contributed by atoms with van der Waals surface area (Å²) in [6.45, 7) is 3.80. The first-order chi connectivity index (χ1) is 15.1. The van der Waals surface area contributed by atoms with Crippen LogP contribution in [-0.2, 0) is 4.79 Å². The van der Waals surface area contributed by atoms with Gasteiger partial charge in [0.2, 0.25) is 0 Å². The minimum absolute atomic E-state index is 0.164. The summed E-state index contributed by atoms with van der Waals surface area (Å²) >= 11 is 0. The Morgan fingerprint density at radius 1 is 1.06 bits per heavy atom. The van der Waals surface area contributed by atoms with Crippen LogP contribution >= 0.6 is 0 Å². The van der Waals surface area contributed by atoms with E-state index in [1.165, 1.54) is 12.5 Å². The second kappa shape index (κ2) is 10.6. The van der Waals surface area contributed by atoms with Crippen LogP contribution in [0.2, 0.25) is 0 Å². The normalized spacial score (nSPS) is 10.6. The van der Waals surface area contributed by atoms with Gasteiger partial charge in [0, 0.05) is 5.69 Å². The molecule has 0 aliphatic heterocycles. The smallest absolute Gasteiger partial charge is 0.274 e. The van der Waals surface area contributed by atoms with Gasteiger partial charge < -0.3 is 19.2 Å². The van der Waals surface area contributed by atoms with Gasteiger partial charge in [0.05, 0.1) is 24.6 Å². The molecule has 0 saturated heterocycles. The number of carbonyl (C=O) groups excluding carboxylic acids is 2. The molecule has 8 heteroatoms. The van der Waals surface area contributed by atoms with Crippen molar-refractivity contribution in [2.75, 3.05) is 18.5 Å². The zero-order valence-corrected chi connectivity index (χ0v) is 17.3. The maximum absolute atomic E-state index is 12.1. The summed E-state index contributed by atoms with van der Waals surface area (Å²) in [5.41, 5.74) is 4.25. The van der Waals surface area contributed by atoms with Crippen LogP contribution in [0, 0.1) is 6.92 Å². The van der Waals surface area contributed by atoms with E-state index in [0.29, 0.717) is 40.7 Å². The van der Waals surface area contributed by atoms with E-state index >= 15 is 0 Å². The highest BCUT2D eigenvalue weighted by Crippen LogP contribution is 2.28. The number of hydrazone groups is 1. The molecule has 0 bridgehead atoms. The van der Waals surface area contributed by atoms with Gasteiger partial charge in [-0.25, -0.2) is 5.43 Å². The average Bonchev–Trinajstić information content (AvgIpc) is 3.20. The van der Waals surface area contributed by atoms with Crippen LogP contribution in [0.3, 0.4) is 0 Å². The highest BCUT2D eigenvalue weighted by atomic mass is 16.5. The molecular weight excluding hydrogens is 398 g/mol. The summed E-state index contributed by atoms with van der Waals surface area (Å²) in [5, 5.41) is 6.72. The third-order valence-corrected chi connectivity index (χ3v) is 4.17. The van der Waals surface area contributed by atoms with E-state index < -0.39 is 0 Å². The van der Waals surface area contributed by atoms with Gasteiger partial charge in [-0.3, -0.25) is 9.59 Å². The number of nitrogens with zero attached hydrogens (tertiary/aromatic N) is 1. The van der Waals surface area contributed by atoms with Crippen molar-refractivity contribution in [3.8, 4) is 11.5 Å². The van der Waals surface area contributed by atoms with E-state index in [-0.39, 0.29) is 18.4 Å². The molecule has 3 rings (SSSR count). The molecule has 0 aliphatic rings. The van der Waals surface area contributed by atoms with E-state index in [2.05, 4.69) is 15.8 Å². The second-order valence-corrected chi connectivity index (χ2v) is 6.43. The number of ether oxygens (including phenoxy) is 2. The molecule has 2 N–H and O–H groups in total. The van der Waals surface area contributed by atoms with Crippen molar-refractivity contribution in [3.63, 3.8) is 0 Å². The summed E-state index contributed by atoms with van der Waals surface area (Å²) in [6.07, 6.45) is 2.93. The Morgan fingerprint density at radius 2 is 1.87 bits per heavy atom. The van der Waals surface area contributed by atoms with Crippen LogP contribution in [0.15, 0.2) is 70.4 Å². The fraction of sp³-hybridized carbons (Fsp3) is 0.174. The lowest BCUT2D eigenvalue weighted by Gasteiger charge is -2.12. The molecule has 0 radical (unpaired) electrons. The summed E-state index contributed by atoms with van der Waals surface area (Å²) in [6, 6.07) is 15.9. The molecular formula is C23H23N3O5. The number of anilines is 1. The van der Waals surface area contributed by atoms with Gasteiger partial charge in [-0.05, 0) is 55.8 Å². The Labute approximate surface area is 179 Å². The Morgan fingerprint density at radius 3 is 2.58 bits per heavy atom. The summed E-state index contributed by atoms with van der Waals surface area (Å²) in [4.78, 5) is 24.2. The zero-order valence-electron chi connectivity index (χ0n) is 17.3. The maximum Gasteiger partial charge on any atom is 0.274 e. The molecule has 8 nitrogen and oxygen atoms in total. The Balaban J connectivity index is 1.60. The van der Waals surface area contributed by atoms with Crippen molar-refractivity contribution in [2.24, 2.45) is 5.10 Å². The number of benzene rings is 2. The van der Waals surface area contributed by atoms with E-state index in [0.717, 1.165) is 0 Å². The van der Waals surface area contributed by atoms with Crippen LogP contribution in [-0.4, -0.2) is 31.2 Å². The van der Waals surface area contributed by atoms with E-state index in [4.69, 9.17) is 13.9 Å². The van der Waals surface area contributed by atoms with Gasteiger partial charge in [0.15, 0.2) is 18.1 Å². The SMILES string of the molecule is CCOc1cc(/C=N\NC(=O)c2ccoc2C)ccc1OCC(=O)Nc1ccccc1. The standard InChI is InChI=1S/C23H23N3O5/c1-3-29-21-13-17(14-24-26-23(28)19-11-12-30-16(19)2)9-10-20(21)31-15-22(27)25-18-7-5-4-6-8-18/h4-14H,3,15H2,1-2H3,(H,25,27)(H,26,28)/b24-14-. The van der Waals surface area contributed by atoms with Crippen molar-refractivity contribution >= 4 is 23.7 Å². The van der Waals surface area contributed by atoms with Crippen LogP contribution in [0.5, 0.6) is 11.5 Å². The summed E-state index contributed by atoms with van der Waals surface area (Å²) in [7, 11) is 0. The summed E-state index contributed by atoms with van der Waals surface area (Å²) in [5.74, 6) is 0.772. The Bertz CT molecular complexity index is 1060. The molecule has 2 amide bonds. The first kappa shape index (κ1) is 21.6. The van der Waals surface area contributed by atoms with Crippen molar-refractivity contribution < 1.29 is 23.5 Å². The minimum atomic E-state index is -0.364. The van der Waals surface area contributed by atoms with Crippen molar-refractivity contribution in [1.29, 1.82) is 0 Å². The van der Waals surface area contributed by atoms with Gasteiger partial charge in [-0.1, -0.05) is 18.2 Å². The molecule has 0 unspecified atom stereocenters. The Kier molecular flexibility index (Phi) is 7.42. The lowest BCUT2D eigenvalue weighted by molar-refractivity contribution is -0.118. The largest absolute Gasteiger partial charge is 0.490 e. The first-order valence-corrected chi connectivity index (χ1v) is 9.69. The molecule has 0 spiro atoms.